The number of rotatable bonds is 5. The van der Waals surface area contributed by atoms with E-state index in [1.807, 2.05) is 0 Å². The molecule has 0 heterocycles. The van der Waals surface area contributed by atoms with Crippen molar-refractivity contribution in [3.63, 3.8) is 0 Å². The Kier molecular flexibility index (Phi) is 12.7. The molecule has 0 spiro atoms. The lowest BCUT2D eigenvalue weighted by Gasteiger charge is -2.07. The molecule has 0 aromatic carbocycles. The number of aliphatic carboxylic acids is 2. The van der Waals surface area contributed by atoms with Crippen LogP contribution in [0.4, 0.5) is 0 Å². The number of hydrogen-bond donors (Lipinski definition) is 2. The molecule has 0 unspecified atom stereocenters. The van der Waals surface area contributed by atoms with Crippen molar-refractivity contribution in [1.82, 2.24) is 12.3 Å². The first kappa shape index (κ1) is 18.4. The molecule has 8 N–H and O–H groups in total. The topological polar surface area (TPSA) is 153 Å². The zero-order chi connectivity index (χ0) is 9.56. The van der Waals surface area contributed by atoms with E-state index in [2.05, 4.69) is 0 Å². The first-order valence-corrected chi connectivity index (χ1v) is 3.64. The molecule has 0 amide bonds. The number of carboxylic acids is 2. The van der Waals surface area contributed by atoms with Crippen LogP contribution in [-0.2, 0) is 9.59 Å². The quantitative estimate of drug-likeness (QED) is 0.574. The smallest absolute Gasteiger partial charge is 0.0671 e. The average molecular weight is 206 g/mol. The van der Waals surface area contributed by atoms with Crippen LogP contribution < -0.4 is 22.5 Å². The van der Waals surface area contributed by atoms with E-state index in [4.69, 9.17) is 0 Å². The summed E-state index contributed by atoms with van der Waals surface area (Å²) in [6.07, 6.45) is 1.78. The molecule has 0 aliphatic carbocycles. The summed E-state index contributed by atoms with van der Waals surface area (Å²) in [5.74, 6) is -2.40. The summed E-state index contributed by atoms with van der Waals surface area (Å²) in [6.45, 7) is 1.57. The predicted molar refractivity (Wildman–Crippen MR) is 49.6 cm³/mol. The summed E-state index contributed by atoms with van der Waals surface area (Å²) >= 11 is 0. The van der Waals surface area contributed by atoms with Crippen molar-refractivity contribution < 1.29 is 19.8 Å². The van der Waals surface area contributed by atoms with Crippen LogP contribution in [0.5, 0.6) is 0 Å². The predicted octanol–water partition coefficient (Wildman–Crippen LogP) is -0.645. The maximum atomic E-state index is 10.3. The Morgan fingerprint density at radius 3 is 1.93 bits per heavy atom. The standard InChI is InChI=1S/C8H12O4.2H3N/c1-2-6(8(11)12)4-3-5-7(9)10;;/h2H,3-5H2,1H3,(H,9,10)(H,11,12);2*1H3. The van der Waals surface area contributed by atoms with Gasteiger partial charge in [-0.1, -0.05) is 6.08 Å². The molecule has 0 saturated carbocycles. The molecule has 6 heteroatoms. The van der Waals surface area contributed by atoms with Gasteiger partial charge in [0.05, 0.1) is 5.97 Å². The molecule has 6 nitrogen and oxygen atoms in total. The SMILES string of the molecule is CC=C(CCCC(=O)[O-])C(=O)[O-].[NH4+].[NH4+]. The van der Waals surface area contributed by atoms with Crippen molar-refractivity contribution in [3.05, 3.63) is 11.6 Å². The Morgan fingerprint density at radius 2 is 1.64 bits per heavy atom. The van der Waals surface area contributed by atoms with Gasteiger partial charge in [-0.3, -0.25) is 0 Å². The summed E-state index contributed by atoms with van der Waals surface area (Å²) in [7, 11) is 0. The summed E-state index contributed by atoms with van der Waals surface area (Å²) in [5.41, 5.74) is 0.135. The van der Waals surface area contributed by atoms with Gasteiger partial charge in [0.15, 0.2) is 0 Å². The number of carboxylic acid groups (broad SMARTS) is 2. The van der Waals surface area contributed by atoms with E-state index >= 15 is 0 Å². The van der Waals surface area contributed by atoms with Crippen LogP contribution in [0.2, 0.25) is 0 Å². The van der Waals surface area contributed by atoms with Crippen LogP contribution in [0.25, 0.3) is 0 Å². The highest BCUT2D eigenvalue weighted by atomic mass is 16.4. The van der Waals surface area contributed by atoms with Crippen LogP contribution in [0.3, 0.4) is 0 Å². The third-order valence-electron chi connectivity index (χ3n) is 1.44. The molecule has 14 heavy (non-hydrogen) atoms. The minimum atomic E-state index is -1.24. The van der Waals surface area contributed by atoms with E-state index in [-0.39, 0.29) is 37.1 Å². The molecule has 0 saturated heterocycles. The molecular weight excluding hydrogens is 188 g/mol. The molecule has 84 valence electrons. The minimum absolute atomic E-state index is 0. The van der Waals surface area contributed by atoms with Gasteiger partial charge in [-0.25, -0.2) is 0 Å². The van der Waals surface area contributed by atoms with E-state index in [9.17, 15) is 19.8 Å². The molecule has 0 aliphatic rings. The third-order valence-corrected chi connectivity index (χ3v) is 1.44. The Labute approximate surface area is 82.8 Å². The number of hydrogen-bond acceptors (Lipinski definition) is 4. The van der Waals surface area contributed by atoms with Crippen molar-refractivity contribution >= 4 is 11.9 Å². The summed E-state index contributed by atoms with van der Waals surface area (Å²) in [5, 5.41) is 20.2. The van der Waals surface area contributed by atoms with Crippen molar-refractivity contribution in [1.29, 1.82) is 0 Å². The van der Waals surface area contributed by atoms with Gasteiger partial charge in [-0.05, 0) is 31.8 Å². The van der Waals surface area contributed by atoms with Crippen LogP contribution in [0.1, 0.15) is 26.2 Å². The lowest BCUT2D eigenvalue weighted by Crippen LogP contribution is -2.25. The van der Waals surface area contributed by atoms with E-state index in [1.54, 1.807) is 6.92 Å². The number of carbonyl (C=O) groups is 2. The first-order valence-electron chi connectivity index (χ1n) is 3.64. The minimum Gasteiger partial charge on any atom is -0.550 e. The molecular formula is C8H18N2O4. The number of quaternary nitrogens is 2. The third kappa shape index (κ3) is 8.69. The Bertz CT molecular complexity index is 213. The van der Waals surface area contributed by atoms with Gasteiger partial charge in [0.25, 0.3) is 0 Å². The Balaban J connectivity index is -0.000000605. The zero-order valence-corrected chi connectivity index (χ0v) is 8.83. The molecule has 0 radical (unpaired) electrons. The average Bonchev–Trinajstić information content (AvgIpc) is 1.96. The first-order chi connectivity index (χ1) is 5.57. The van der Waals surface area contributed by atoms with Crippen LogP contribution >= 0.6 is 0 Å². The van der Waals surface area contributed by atoms with Gasteiger partial charge in [0.1, 0.15) is 0 Å². The second-order valence-electron chi connectivity index (χ2n) is 2.33. The Morgan fingerprint density at radius 1 is 1.14 bits per heavy atom. The van der Waals surface area contributed by atoms with Crippen molar-refractivity contribution in [2.45, 2.75) is 26.2 Å². The fourth-order valence-electron chi connectivity index (χ4n) is 0.787. The van der Waals surface area contributed by atoms with Gasteiger partial charge in [-0.15, -0.1) is 0 Å². The molecule has 0 rings (SSSR count). The molecule has 0 bridgehead atoms. The highest BCUT2D eigenvalue weighted by Gasteiger charge is 1.96. The lowest BCUT2D eigenvalue weighted by atomic mass is 10.1. The monoisotopic (exact) mass is 206 g/mol. The van der Waals surface area contributed by atoms with Gasteiger partial charge >= 0.3 is 0 Å². The van der Waals surface area contributed by atoms with Gasteiger partial charge in [0.2, 0.25) is 0 Å². The van der Waals surface area contributed by atoms with Crippen molar-refractivity contribution in [2.75, 3.05) is 0 Å². The normalized spacial score (nSPS) is 9.64. The summed E-state index contributed by atoms with van der Waals surface area (Å²) in [4.78, 5) is 20.2. The highest BCUT2D eigenvalue weighted by molar-refractivity contribution is 5.84. The fourth-order valence-corrected chi connectivity index (χ4v) is 0.787. The van der Waals surface area contributed by atoms with Crippen molar-refractivity contribution in [2.24, 2.45) is 0 Å². The lowest BCUT2D eigenvalue weighted by molar-refractivity contribution is -0.306. The summed E-state index contributed by atoms with van der Waals surface area (Å²) in [6, 6.07) is 0. The van der Waals surface area contributed by atoms with Crippen molar-refractivity contribution in [3.8, 4) is 0 Å². The highest BCUT2D eigenvalue weighted by Crippen LogP contribution is 2.05. The van der Waals surface area contributed by atoms with Crippen LogP contribution in [0.15, 0.2) is 11.6 Å². The second-order valence-corrected chi connectivity index (χ2v) is 2.33. The molecule has 0 aromatic heterocycles. The molecule has 0 aromatic rings. The van der Waals surface area contributed by atoms with E-state index in [1.165, 1.54) is 6.08 Å². The van der Waals surface area contributed by atoms with E-state index in [0.717, 1.165) is 0 Å². The molecule has 0 aliphatic heterocycles. The molecule has 0 fully saturated rings. The number of carbonyl (C=O) groups excluding carboxylic acids is 2. The maximum Gasteiger partial charge on any atom is 0.0671 e. The zero-order valence-electron chi connectivity index (χ0n) is 8.83. The van der Waals surface area contributed by atoms with E-state index < -0.39 is 11.9 Å². The van der Waals surface area contributed by atoms with Gasteiger partial charge in [0, 0.05) is 5.97 Å². The summed E-state index contributed by atoms with van der Waals surface area (Å²) < 4.78 is 0. The molecule has 0 atom stereocenters. The number of allylic oxidation sites excluding steroid dienone is 1. The van der Waals surface area contributed by atoms with Gasteiger partial charge in [-0.2, -0.15) is 0 Å². The maximum absolute atomic E-state index is 10.3. The van der Waals surface area contributed by atoms with Gasteiger partial charge < -0.3 is 32.1 Å². The van der Waals surface area contributed by atoms with E-state index in [0.29, 0.717) is 0 Å². The second kappa shape index (κ2) is 9.69. The largest absolute Gasteiger partial charge is 0.550 e. The fraction of sp³-hybridized carbons (Fsp3) is 0.500. The Hall–Kier alpha value is -1.40. The van der Waals surface area contributed by atoms with Crippen LogP contribution in [0, 0.1) is 0 Å². The van der Waals surface area contributed by atoms with Crippen LogP contribution in [-0.4, -0.2) is 11.9 Å².